The maximum atomic E-state index is 2.43. The van der Waals surface area contributed by atoms with Crippen molar-refractivity contribution in [1.29, 1.82) is 0 Å². The first-order chi connectivity index (χ1) is 9.20. The van der Waals surface area contributed by atoms with Gasteiger partial charge in [-0.25, -0.2) is 0 Å². The summed E-state index contributed by atoms with van der Waals surface area (Å²) in [6.45, 7) is 6.85. The average molecular weight is 254 g/mol. The topological polar surface area (TPSA) is 0 Å². The second kappa shape index (κ2) is 6.75. The van der Waals surface area contributed by atoms with Crippen LogP contribution in [0.25, 0.3) is 12.2 Å². The van der Waals surface area contributed by atoms with Gasteiger partial charge in [-0.3, -0.25) is 0 Å². The van der Waals surface area contributed by atoms with Gasteiger partial charge in [-0.1, -0.05) is 75.6 Å². The molecule has 0 nitrogen and oxygen atoms in total. The van der Waals surface area contributed by atoms with E-state index in [9.17, 15) is 0 Å². The molecular weight excluding hydrogens is 228 g/mol. The molecule has 0 saturated carbocycles. The molecule has 1 aromatic carbocycles. The number of unbranched alkanes of at least 4 members (excludes halogenated alkanes) is 2. The van der Waals surface area contributed by atoms with Gasteiger partial charge in [0, 0.05) is 0 Å². The van der Waals surface area contributed by atoms with E-state index in [2.05, 4.69) is 57.2 Å². The van der Waals surface area contributed by atoms with E-state index in [-0.39, 0.29) is 0 Å². The second-order valence-electron chi connectivity index (χ2n) is 6.04. The summed E-state index contributed by atoms with van der Waals surface area (Å²) >= 11 is 0. The molecule has 1 aliphatic carbocycles. The van der Waals surface area contributed by atoms with Crippen LogP contribution in [0.5, 0.6) is 0 Å². The van der Waals surface area contributed by atoms with Crippen molar-refractivity contribution in [2.24, 2.45) is 5.92 Å². The smallest absolute Gasteiger partial charge is 0.00575 e. The van der Waals surface area contributed by atoms with Crippen LogP contribution in [0.4, 0.5) is 0 Å². The highest BCUT2D eigenvalue weighted by atomic mass is 14.2. The zero-order valence-corrected chi connectivity index (χ0v) is 12.6. The molecule has 0 saturated heterocycles. The number of allylic oxidation sites excluding steroid dienone is 2. The minimum Gasteiger partial charge on any atom is -0.0839 e. The normalized spacial score (nSPS) is 14.2. The van der Waals surface area contributed by atoms with Crippen molar-refractivity contribution in [3.8, 4) is 0 Å². The summed E-state index contributed by atoms with van der Waals surface area (Å²) in [6.07, 6.45) is 13.2. The summed E-state index contributed by atoms with van der Waals surface area (Å²) in [5, 5.41) is 0. The lowest BCUT2D eigenvalue weighted by molar-refractivity contribution is 0.638. The van der Waals surface area contributed by atoms with Gasteiger partial charge in [0.1, 0.15) is 0 Å². The molecule has 0 bridgehead atoms. The van der Waals surface area contributed by atoms with Crippen LogP contribution in [0.3, 0.4) is 0 Å². The van der Waals surface area contributed by atoms with Crippen LogP contribution < -0.4 is 0 Å². The zero-order valence-electron chi connectivity index (χ0n) is 12.6. The van der Waals surface area contributed by atoms with E-state index in [1.165, 1.54) is 42.4 Å². The van der Waals surface area contributed by atoms with Crippen LogP contribution in [0, 0.1) is 5.92 Å². The standard InChI is InChI=1S/C19H26/c1-4-5-6-7-9-17-10-8-11-18-13-16(12-15(2)3)14-19(17)18/h7-11,14-15H,4-6,12-13H2,1-3H3. The quantitative estimate of drug-likeness (QED) is 0.556. The maximum Gasteiger partial charge on any atom is -0.00575 e. The summed E-state index contributed by atoms with van der Waals surface area (Å²) in [5.41, 5.74) is 5.96. The molecule has 1 aliphatic rings. The lowest BCUT2D eigenvalue weighted by Crippen LogP contribution is -1.91. The van der Waals surface area contributed by atoms with E-state index >= 15 is 0 Å². The first kappa shape index (κ1) is 14.1. The Morgan fingerprint density at radius 1 is 1.26 bits per heavy atom. The Morgan fingerprint density at radius 2 is 2.11 bits per heavy atom. The Bertz CT molecular complexity index is 475. The predicted octanol–water partition coefficient (Wildman–Crippen LogP) is 5.88. The van der Waals surface area contributed by atoms with E-state index in [0.29, 0.717) is 0 Å². The molecule has 0 aliphatic heterocycles. The Kier molecular flexibility index (Phi) is 5.01. The predicted molar refractivity (Wildman–Crippen MR) is 86.1 cm³/mol. The lowest BCUT2D eigenvalue weighted by atomic mass is 10.0. The molecule has 1 aromatic rings. The molecule has 0 fully saturated rings. The van der Waals surface area contributed by atoms with Gasteiger partial charge >= 0.3 is 0 Å². The summed E-state index contributed by atoms with van der Waals surface area (Å²) in [7, 11) is 0. The third-order valence-corrected chi connectivity index (χ3v) is 3.69. The maximum absolute atomic E-state index is 2.43. The van der Waals surface area contributed by atoms with Crippen molar-refractivity contribution in [1.82, 2.24) is 0 Å². The highest BCUT2D eigenvalue weighted by Gasteiger charge is 2.15. The molecule has 19 heavy (non-hydrogen) atoms. The van der Waals surface area contributed by atoms with Crippen molar-refractivity contribution in [2.45, 2.75) is 52.9 Å². The lowest BCUT2D eigenvalue weighted by Gasteiger charge is -2.04. The molecule has 102 valence electrons. The van der Waals surface area contributed by atoms with E-state index in [4.69, 9.17) is 0 Å². The Hall–Kier alpha value is -1.30. The summed E-state index contributed by atoms with van der Waals surface area (Å²) in [4.78, 5) is 0. The number of hydrogen-bond donors (Lipinski definition) is 0. The van der Waals surface area contributed by atoms with Crippen LogP contribution in [0.1, 0.15) is 63.1 Å². The van der Waals surface area contributed by atoms with Gasteiger partial charge < -0.3 is 0 Å². The fourth-order valence-corrected chi connectivity index (χ4v) is 2.80. The Balaban J connectivity index is 2.13. The molecule has 0 unspecified atom stereocenters. The third-order valence-electron chi connectivity index (χ3n) is 3.69. The molecular formula is C19H26. The van der Waals surface area contributed by atoms with Crippen molar-refractivity contribution in [3.05, 3.63) is 46.5 Å². The first-order valence-electron chi connectivity index (χ1n) is 7.68. The molecule has 0 heterocycles. The van der Waals surface area contributed by atoms with E-state index in [1.54, 1.807) is 5.57 Å². The van der Waals surface area contributed by atoms with Gasteiger partial charge in [0.2, 0.25) is 0 Å². The summed E-state index contributed by atoms with van der Waals surface area (Å²) in [5.74, 6) is 0.754. The fourth-order valence-electron chi connectivity index (χ4n) is 2.80. The van der Waals surface area contributed by atoms with Crippen LogP contribution in [0.2, 0.25) is 0 Å². The van der Waals surface area contributed by atoms with Gasteiger partial charge in [-0.15, -0.1) is 0 Å². The molecule has 0 atom stereocenters. The molecule has 0 N–H and O–H groups in total. The van der Waals surface area contributed by atoms with Gasteiger partial charge in [0.15, 0.2) is 0 Å². The van der Waals surface area contributed by atoms with Crippen LogP contribution in [0.15, 0.2) is 29.8 Å². The van der Waals surface area contributed by atoms with Crippen LogP contribution in [-0.4, -0.2) is 0 Å². The zero-order chi connectivity index (χ0) is 13.7. The van der Waals surface area contributed by atoms with Gasteiger partial charge in [-0.2, -0.15) is 0 Å². The molecule has 2 rings (SSSR count). The van der Waals surface area contributed by atoms with Crippen molar-refractivity contribution in [3.63, 3.8) is 0 Å². The first-order valence-corrected chi connectivity index (χ1v) is 7.68. The van der Waals surface area contributed by atoms with Crippen molar-refractivity contribution >= 4 is 12.2 Å². The van der Waals surface area contributed by atoms with Crippen molar-refractivity contribution in [2.75, 3.05) is 0 Å². The molecule has 0 aromatic heterocycles. The Morgan fingerprint density at radius 3 is 2.84 bits per heavy atom. The Labute approximate surface area is 118 Å². The summed E-state index contributed by atoms with van der Waals surface area (Å²) < 4.78 is 0. The highest BCUT2D eigenvalue weighted by Crippen LogP contribution is 2.31. The summed E-state index contributed by atoms with van der Waals surface area (Å²) in [6, 6.07) is 6.73. The van der Waals surface area contributed by atoms with E-state index < -0.39 is 0 Å². The third kappa shape index (κ3) is 3.83. The van der Waals surface area contributed by atoms with E-state index in [0.717, 1.165) is 12.3 Å². The monoisotopic (exact) mass is 254 g/mol. The van der Waals surface area contributed by atoms with Crippen LogP contribution in [-0.2, 0) is 6.42 Å². The van der Waals surface area contributed by atoms with E-state index in [1.807, 2.05) is 0 Å². The number of fused-ring (bicyclic) bond motifs is 1. The molecule has 0 radical (unpaired) electrons. The number of hydrogen-bond acceptors (Lipinski definition) is 0. The number of benzene rings is 1. The largest absolute Gasteiger partial charge is 0.0839 e. The molecule has 0 heteroatoms. The highest BCUT2D eigenvalue weighted by molar-refractivity contribution is 5.73. The minimum atomic E-state index is 0.754. The average Bonchev–Trinajstić information content (AvgIpc) is 2.76. The molecule has 0 amide bonds. The van der Waals surface area contributed by atoms with Gasteiger partial charge in [-0.05, 0) is 41.9 Å². The fraction of sp³-hybridized carbons (Fsp3) is 0.474. The SMILES string of the molecule is CCCCC=Cc1cccc2c1C=C(CC(C)C)C2. The second-order valence-corrected chi connectivity index (χ2v) is 6.04. The van der Waals surface area contributed by atoms with Crippen molar-refractivity contribution < 1.29 is 0 Å². The van der Waals surface area contributed by atoms with Gasteiger partial charge in [0.25, 0.3) is 0 Å². The van der Waals surface area contributed by atoms with Gasteiger partial charge in [0.05, 0.1) is 0 Å². The molecule has 0 spiro atoms. The number of rotatable bonds is 6. The van der Waals surface area contributed by atoms with Crippen LogP contribution >= 0.6 is 0 Å². The minimum absolute atomic E-state index is 0.754.